The molecular weight excluding hydrogens is 418 g/mol. The van der Waals surface area contributed by atoms with E-state index in [1.54, 1.807) is 25.3 Å². The van der Waals surface area contributed by atoms with Gasteiger partial charge in [-0.05, 0) is 61.7 Å². The van der Waals surface area contributed by atoms with Gasteiger partial charge in [-0.3, -0.25) is 9.59 Å². The maximum absolute atomic E-state index is 13.2. The number of benzene rings is 2. The monoisotopic (exact) mass is 453 g/mol. The van der Waals surface area contributed by atoms with Gasteiger partial charge in [0.05, 0.1) is 14.2 Å². The second-order valence-electron chi connectivity index (χ2n) is 8.46. The molecule has 0 heterocycles. The third-order valence-electron chi connectivity index (χ3n) is 6.10. The largest absolute Gasteiger partial charge is 0.493 e. The molecule has 0 unspecified atom stereocenters. The van der Waals surface area contributed by atoms with Gasteiger partial charge < -0.3 is 25.4 Å². The predicted octanol–water partition coefficient (Wildman–Crippen LogP) is 4.21. The summed E-state index contributed by atoms with van der Waals surface area (Å²) in [5.41, 5.74) is 7.84. The fourth-order valence-electron chi connectivity index (χ4n) is 4.31. The van der Waals surface area contributed by atoms with Crippen molar-refractivity contribution in [2.24, 2.45) is 11.7 Å². The Labute approximate surface area is 196 Å². The van der Waals surface area contributed by atoms with Gasteiger partial charge in [0.1, 0.15) is 0 Å². The molecular formula is C26H35N3O4. The Morgan fingerprint density at radius 2 is 1.79 bits per heavy atom. The number of methoxy groups -OCH3 is 2. The van der Waals surface area contributed by atoms with Crippen LogP contribution in [0.2, 0.25) is 0 Å². The Morgan fingerprint density at radius 3 is 2.48 bits per heavy atom. The minimum atomic E-state index is -0.244. The third-order valence-corrected chi connectivity index (χ3v) is 6.10. The van der Waals surface area contributed by atoms with Crippen molar-refractivity contribution in [1.29, 1.82) is 0 Å². The number of nitrogens with one attached hydrogen (secondary N) is 1. The van der Waals surface area contributed by atoms with E-state index in [2.05, 4.69) is 5.32 Å². The molecule has 7 heteroatoms. The van der Waals surface area contributed by atoms with Crippen LogP contribution in [0.1, 0.15) is 54.4 Å². The molecule has 0 spiro atoms. The number of amides is 2. The molecule has 0 aliphatic heterocycles. The van der Waals surface area contributed by atoms with Gasteiger partial charge in [-0.1, -0.05) is 31.4 Å². The topological polar surface area (TPSA) is 93.9 Å². The minimum absolute atomic E-state index is 0.115. The summed E-state index contributed by atoms with van der Waals surface area (Å²) in [6.07, 6.45) is 6.18. The van der Waals surface area contributed by atoms with Crippen LogP contribution < -0.4 is 20.5 Å². The predicted molar refractivity (Wildman–Crippen MR) is 130 cm³/mol. The van der Waals surface area contributed by atoms with Gasteiger partial charge in [0.25, 0.3) is 5.91 Å². The third kappa shape index (κ3) is 6.71. The first-order valence-electron chi connectivity index (χ1n) is 11.7. The number of nitrogens with zero attached hydrogens (tertiary/aromatic N) is 1. The fourth-order valence-corrected chi connectivity index (χ4v) is 4.31. The van der Waals surface area contributed by atoms with E-state index in [0.29, 0.717) is 42.4 Å². The fraction of sp³-hybridized carbons (Fsp3) is 0.462. The molecule has 0 bridgehead atoms. The summed E-state index contributed by atoms with van der Waals surface area (Å²) < 4.78 is 10.5. The Balaban J connectivity index is 1.70. The van der Waals surface area contributed by atoms with Crippen LogP contribution in [0.4, 0.5) is 5.69 Å². The molecule has 0 atom stereocenters. The summed E-state index contributed by atoms with van der Waals surface area (Å²) in [5.74, 6) is 1.16. The first-order valence-corrected chi connectivity index (χ1v) is 11.7. The number of carbonyl (C=O) groups excluding carboxylic acids is 2. The molecule has 2 aromatic rings. The van der Waals surface area contributed by atoms with Gasteiger partial charge in [0.2, 0.25) is 5.91 Å². The Morgan fingerprint density at radius 1 is 1.03 bits per heavy atom. The van der Waals surface area contributed by atoms with Crippen molar-refractivity contribution >= 4 is 17.5 Å². The lowest BCUT2D eigenvalue weighted by atomic mass is 9.88. The standard InChI is InChI=1S/C26H35N3O4/c1-32-23-13-12-21(17-24(23)33-2)25(30)28-22-11-6-8-19(16-22)18-29(15-7-14-27)26(31)20-9-4-3-5-10-20/h6,8,11-13,16-17,20H,3-5,7,9-10,14-15,18,27H2,1-2H3,(H,28,30). The van der Waals surface area contributed by atoms with Gasteiger partial charge in [0, 0.05) is 30.3 Å². The first kappa shape index (κ1) is 24.6. The normalized spacial score (nSPS) is 13.9. The van der Waals surface area contributed by atoms with Crippen LogP contribution in [0.25, 0.3) is 0 Å². The molecule has 3 N–H and O–H groups in total. The van der Waals surface area contributed by atoms with Gasteiger partial charge in [0.15, 0.2) is 11.5 Å². The number of rotatable bonds is 10. The number of carbonyl (C=O) groups is 2. The summed E-state index contributed by atoms with van der Waals surface area (Å²) in [5, 5.41) is 2.94. The molecule has 3 rings (SSSR count). The Kier molecular flexibility index (Phi) is 9.13. The molecule has 0 saturated heterocycles. The first-order chi connectivity index (χ1) is 16.0. The highest BCUT2D eigenvalue weighted by atomic mass is 16.5. The zero-order valence-electron chi connectivity index (χ0n) is 19.6. The lowest BCUT2D eigenvalue weighted by molar-refractivity contribution is -0.137. The van der Waals surface area contributed by atoms with Crippen LogP contribution >= 0.6 is 0 Å². The van der Waals surface area contributed by atoms with Crippen molar-refractivity contribution < 1.29 is 19.1 Å². The summed E-state index contributed by atoms with van der Waals surface area (Å²) in [4.78, 5) is 27.9. The average molecular weight is 454 g/mol. The highest BCUT2D eigenvalue weighted by Gasteiger charge is 2.26. The van der Waals surface area contributed by atoms with Crippen LogP contribution in [0, 0.1) is 5.92 Å². The summed E-state index contributed by atoms with van der Waals surface area (Å²) >= 11 is 0. The highest BCUT2D eigenvalue weighted by molar-refractivity contribution is 6.04. The van der Waals surface area contributed by atoms with E-state index in [1.807, 2.05) is 29.2 Å². The SMILES string of the molecule is COc1ccc(C(=O)Nc2cccc(CN(CCCN)C(=O)C3CCCCC3)c2)cc1OC. The van der Waals surface area contributed by atoms with Gasteiger partial charge in [-0.25, -0.2) is 0 Å². The molecule has 1 fully saturated rings. The van der Waals surface area contributed by atoms with E-state index >= 15 is 0 Å². The van der Waals surface area contributed by atoms with Crippen molar-refractivity contribution in [1.82, 2.24) is 4.90 Å². The quantitative estimate of drug-likeness (QED) is 0.562. The number of hydrogen-bond donors (Lipinski definition) is 2. The van der Waals surface area contributed by atoms with Crippen LogP contribution in [-0.2, 0) is 11.3 Å². The maximum Gasteiger partial charge on any atom is 0.255 e. The zero-order valence-corrected chi connectivity index (χ0v) is 19.6. The molecule has 7 nitrogen and oxygen atoms in total. The molecule has 178 valence electrons. The molecule has 1 aliphatic rings. The van der Waals surface area contributed by atoms with Crippen molar-refractivity contribution in [2.45, 2.75) is 45.1 Å². The van der Waals surface area contributed by atoms with Crippen LogP contribution in [-0.4, -0.2) is 44.0 Å². The molecule has 0 aromatic heterocycles. The second-order valence-corrected chi connectivity index (χ2v) is 8.46. The number of ether oxygens (including phenoxy) is 2. The van der Waals surface area contributed by atoms with Gasteiger partial charge in [-0.15, -0.1) is 0 Å². The van der Waals surface area contributed by atoms with Crippen molar-refractivity contribution in [3.05, 3.63) is 53.6 Å². The number of hydrogen-bond acceptors (Lipinski definition) is 5. The summed E-state index contributed by atoms with van der Waals surface area (Å²) in [7, 11) is 3.09. The summed E-state index contributed by atoms with van der Waals surface area (Å²) in [6.45, 7) is 1.71. The second kappa shape index (κ2) is 12.3. The molecule has 1 saturated carbocycles. The number of nitrogens with two attached hydrogens (primary N) is 1. The molecule has 0 radical (unpaired) electrons. The highest BCUT2D eigenvalue weighted by Crippen LogP contribution is 2.28. The van der Waals surface area contributed by atoms with E-state index in [4.69, 9.17) is 15.2 Å². The lowest BCUT2D eigenvalue weighted by Crippen LogP contribution is -2.37. The molecule has 1 aliphatic carbocycles. The smallest absolute Gasteiger partial charge is 0.255 e. The molecule has 2 amide bonds. The van der Waals surface area contributed by atoms with Crippen molar-refractivity contribution in [2.75, 3.05) is 32.6 Å². The van der Waals surface area contributed by atoms with E-state index in [-0.39, 0.29) is 17.7 Å². The van der Waals surface area contributed by atoms with Crippen LogP contribution in [0.3, 0.4) is 0 Å². The maximum atomic E-state index is 13.2. The van der Waals surface area contributed by atoms with Crippen LogP contribution in [0.15, 0.2) is 42.5 Å². The van der Waals surface area contributed by atoms with Gasteiger partial charge in [-0.2, -0.15) is 0 Å². The van der Waals surface area contributed by atoms with Crippen molar-refractivity contribution in [3.63, 3.8) is 0 Å². The Bertz CT molecular complexity index is 941. The van der Waals surface area contributed by atoms with E-state index in [0.717, 1.165) is 37.7 Å². The lowest BCUT2D eigenvalue weighted by Gasteiger charge is -2.29. The van der Waals surface area contributed by atoms with E-state index < -0.39 is 0 Å². The number of anilines is 1. The Hall–Kier alpha value is -3.06. The van der Waals surface area contributed by atoms with E-state index in [1.165, 1.54) is 13.5 Å². The molecule has 2 aromatic carbocycles. The molecule has 33 heavy (non-hydrogen) atoms. The minimum Gasteiger partial charge on any atom is -0.493 e. The summed E-state index contributed by atoms with van der Waals surface area (Å²) in [6, 6.07) is 12.7. The van der Waals surface area contributed by atoms with Crippen LogP contribution in [0.5, 0.6) is 11.5 Å². The van der Waals surface area contributed by atoms with Gasteiger partial charge >= 0.3 is 0 Å². The van der Waals surface area contributed by atoms with Crippen molar-refractivity contribution in [3.8, 4) is 11.5 Å². The zero-order chi connectivity index (χ0) is 23.6. The average Bonchev–Trinajstić information content (AvgIpc) is 2.86. The van der Waals surface area contributed by atoms with E-state index in [9.17, 15) is 9.59 Å².